The van der Waals surface area contributed by atoms with Crippen molar-refractivity contribution in [3.05, 3.63) is 0 Å². The molecule has 138 valence electrons. The van der Waals surface area contributed by atoms with Gasteiger partial charge in [-0.3, -0.25) is 4.99 Å². The highest BCUT2D eigenvalue weighted by Crippen LogP contribution is 2.21. The maximum Gasteiger partial charge on any atom is 0.194 e. The molecule has 0 aliphatic carbocycles. The van der Waals surface area contributed by atoms with E-state index in [1.54, 1.807) is 0 Å². The van der Waals surface area contributed by atoms with Crippen molar-refractivity contribution >= 4 is 41.7 Å². The van der Waals surface area contributed by atoms with Gasteiger partial charge in [0.05, 0.1) is 19.3 Å². The van der Waals surface area contributed by atoms with Crippen molar-refractivity contribution in [1.29, 1.82) is 0 Å². The molecule has 0 spiro atoms. The number of nitrogens with zero attached hydrogens (tertiary/aromatic N) is 2. The number of hydrogen-bond donors (Lipinski definition) is 2. The third-order valence-corrected chi connectivity index (χ3v) is 4.81. The van der Waals surface area contributed by atoms with Crippen molar-refractivity contribution in [2.45, 2.75) is 45.5 Å². The van der Waals surface area contributed by atoms with Gasteiger partial charge in [0.2, 0.25) is 0 Å². The number of aliphatic hydroxyl groups is 1. The number of aliphatic imine (C=N–C) groups is 1. The van der Waals surface area contributed by atoms with Crippen molar-refractivity contribution in [2.75, 3.05) is 45.1 Å². The SMILES string of the molecule is CCNC(=NCC(O)COCC(C)C)N1CCSC(CC)C1.I. The monoisotopic (exact) mass is 459 g/mol. The molecule has 0 bridgehead atoms. The first-order valence-electron chi connectivity index (χ1n) is 8.47. The van der Waals surface area contributed by atoms with Crippen molar-refractivity contribution in [2.24, 2.45) is 10.9 Å². The summed E-state index contributed by atoms with van der Waals surface area (Å²) in [6.45, 7) is 12.9. The number of nitrogens with one attached hydrogen (secondary N) is 1. The van der Waals surface area contributed by atoms with Crippen LogP contribution in [0.15, 0.2) is 4.99 Å². The van der Waals surface area contributed by atoms with E-state index in [2.05, 4.69) is 42.9 Å². The topological polar surface area (TPSA) is 57.1 Å². The number of guanidine groups is 1. The molecule has 0 aromatic heterocycles. The van der Waals surface area contributed by atoms with Gasteiger partial charge in [-0.1, -0.05) is 20.8 Å². The molecule has 2 atom stereocenters. The molecule has 1 aliphatic rings. The lowest BCUT2D eigenvalue weighted by Gasteiger charge is -2.34. The minimum absolute atomic E-state index is 0. The number of rotatable bonds is 8. The Morgan fingerprint density at radius 1 is 1.39 bits per heavy atom. The van der Waals surface area contributed by atoms with Crippen LogP contribution in [-0.2, 0) is 4.74 Å². The molecule has 1 rings (SSSR count). The summed E-state index contributed by atoms with van der Waals surface area (Å²) < 4.78 is 5.47. The Kier molecular flexibility index (Phi) is 13.7. The molecule has 2 N–H and O–H groups in total. The predicted octanol–water partition coefficient (Wildman–Crippen LogP) is 2.43. The molecule has 5 nitrogen and oxygen atoms in total. The summed E-state index contributed by atoms with van der Waals surface area (Å²) in [5.74, 6) is 2.55. The maximum absolute atomic E-state index is 9.99. The van der Waals surface area contributed by atoms with E-state index >= 15 is 0 Å². The van der Waals surface area contributed by atoms with Gasteiger partial charge >= 0.3 is 0 Å². The van der Waals surface area contributed by atoms with E-state index in [1.807, 2.05) is 11.8 Å². The number of thioether (sulfide) groups is 1. The average Bonchev–Trinajstić information content (AvgIpc) is 2.51. The van der Waals surface area contributed by atoms with Gasteiger partial charge in [0.15, 0.2) is 5.96 Å². The second-order valence-corrected chi connectivity index (χ2v) is 7.54. The number of ether oxygens (including phenoxy) is 1. The summed E-state index contributed by atoms with van der Waals surface area (Å²) in [4.78, 5) is 6.91. The average molecular weight is 459 g/mol. The zero-order valence-electron chi connectivity index (χ0n) is 15.0. The molecule has 1 saturated heterocycles. The molecule has 1 fully saturated rings. The molecule has 0 aromatic rings. The number of aliphatic hydroxyl groups excluding tert-OH is 1. The van der Waals surface area contributed by atoms with Crippen molar-refractivity contribution < 1.29 is 9.84 Å². The standard InChI is InChI=1S/C16H33N3O2S.HI/c1-5-15-10-19(7-8-22-15)16(17-6-2)18-9-14(20)12-21-11-13(3)4;/h13-15,20H,5-12H2,1-4H3,(H,17,18);1H. The van der Waals surface area contributed by atoms with Gasteiger partial charge in [-0.05, 0) is 19.3 Å². The Morgan fingerprint density at radius 3 is 2.74 bits per heavy atom. The molecule has 1 aliphatic heterocycles. The van der Waals surface area contributed by atoms with Crippen molar-refractivity contribution in [3.63, 3.8) is 0 Å². The summed E-state index contributed by atoms with van der Waals surface area (Å²) in [6.07, 6.45) is 0.653. The molecule has 1 heterocycles. The molecule has 2 unspecified atom stereocenters. The smallest absolute Gasteiger partial charge is 0.194 e. The second-order valence-electron chi connectivity index (χ2n) is 6.13. The van der Waals surface area contributed by atoms with Crippen LogP contribution in [0.2, 0.25) is 0 Å². The highest BCUT2D eigenvalue weighted by Gasteiger charge is 2.21. The summed E-state index contributed by atoms with van der Waals surface area (Å²) >= 11 is 2.05. The van der Waals surface area contributed by atoms with Gasteiger partial charge in [0.25, 0.3) is 0 Å². The molecule has 0 saturated carbocycles. The molecular weight excluding hydrogens is 425 g/mol. The minimum Gasteiger partial charge on any atom is -0.389 e. The first-order valence-corrected chi connectivity index (χ1v) is 9.52. The quantitative estimate of drug-likeness (QED) is 0.332. The van der Waals surface area contributed by atoms with Gasteiger partial charge in [0, 0.05) is 37.2 Å². The zero-order chi connectivity index (χ0) is 16.4. The molecule has 7 heteroatoms. The van der Waals surface area contributed by atoms with Crippen LogP contribution in [0.1, 0.15) is 34.1 Å². The van der Waals surface area contributed by atoms with E-state index < -0.39 is 6.10 Å². The third-order valence-electron chi connectivity index (χ3n) is 3.44. The van der Waals surface area contributed by atoms with Crippen LogP contribution >= 0.6 is 35.7 Å². The van der Waals surface area contributed by atoms with Crippen LogP contribution in [0.4, 0.5) is 0 Å². The van der Waals surface area contributed by atoms with E-state index in [1.165, 1.54) is 6.42 Å². The fraction of sp³-hybridized carbons (Fsp3) is 0.938. The third kappa shape index (κ3) is 9.99. The lowest BCUT2D eigenvalue weighted by molar-refractivity contribution is 0.0300. The van der Waals surface area contributed by atoms with Gasteiger partial charge in [-0.2, -0.15) is 11.8 Å². The van der Waals surface area contributed by atoms with Crippen LogP contribution in [-0.4, -0.2) is 72.5 Å². The zero-order valence-corrected chi connectivity index (χ0v) is 18.1. The maximum atomic E-state index is 9.99. The lowest BCUT2D eigenvalue weighted by Crippen LogP contribution is -2.48. The van der Waals surface area contributed by atoms with Crippen LogP contribution in [0.5, 0.6) is 0 Å². The van der Waals surface area contributed by atoms with E-state index in [4.69, 9.17) is 4.74 Å². The normalized spacial score (nSPS) is 20.3. The van der Waals surface area contributed by atoms with E-state index in [-0.39, 0.29) is 24.0 Å². The van der Waals surface area contributed by atoms with Gasteiger partial charge < -0.3 is 20.1 Å². The summed E-state index contributed by atoms with van der Waals surface area (Å²) in [7, 11) is 0. The van der Waals surface area contributed by atoms with E-state index in [9.17, 15) is 5.11 Å². The Balaban J connectivity index is 0.00000484. The summed E-state index contributed by atoms with van der Waals surface area (Å²) in [5.41, 5.74) is 0. The fourth-order valence-electron chi connectivity index (χ4n) is 2.27. The number of halogens is 1. The molecule has 0 aromatic carbocycles. The molecule has 0 radical (unpaired) electrons. The first-order chi connectivity index (χ1) is 10.6. The number of hydrogen-bond acceptors (Lipinski definition) is 4. The van der Waals surface area contributed by atoms with Gasteiger partial charge in [-0.15, -0.1) is 24.0 Å². The van der Waals surface area contributed by atoms with Crippen LogP contribution in [0.3, 0.4) is 0 Å². The Labute approximate surface area is 163 Å². The van der Waals surface area contributed by atoms with Gasteiger partial charge in [0.1, 0.15) is 0 Å². The Hall–Kier alpha value is 0.270. The minimum atomic E-state index is -0.534. The van der Waals surface area contributed by atoms with Crippen LogP contribution in [0, 0.1) is 5.92 Å². The first kappa shape index (κ1) is 23.3. The highest BCUT2D eigenvalue weighted by atomic mass is 127. The van der Waals surface area contributed by atoms with E-state index in [0.29, 0.717) is 30.9 Å². The second kappa shape index (κ2) is 13.5. The molecule has 23 heavy (non-hydrogen) atoms. The van der Waals surface area contributed by atoms with Crippen LogP contribution in [0.25, 0.3) is 0 Å². The van der Waals surface area contributed by atoms with Crippen molar-refractivity contribution in [1.82, 2.24) is 10.2 Å². The summed E-state index contributed by atoms with van der Waals surface area (Å²) in [6, 6.07) is 0. The predicted molar refractivity (Wildman–Crippen MR) is 111 cm³/mol. The van der Waals surface area contributed by atoms with Crippen molar-refractivity contribution in [3.8, 4) is 0 Å². The Morgan fingerprint density at radius 2 is 2.13 bits per heavy atom. The Bertz CT molecular complexity index is 332. The molecule has 0 amide bonds. The highest BCUT2D eigenvalue weighted by molar-refractivity contribution is 14.0. The fourth-order valence-corrected chi connectivity index (χ4v) is 3.45. The van der Waals surface area contributed by atoms with Gasteiger partial charge in [-0.25, -0.2) is 0 Å². The largest absolute Gasteiger partial charge is 0.389 e. The summed E-state index contributed by atoms with van der Waals surface area (Å²) in [5, 5.41) is 14.0. The lowest BCUT2D eigenvalue weighted by atomic mass is 10.2. The van der Waals surface area contributed by atoms with E-state index in [0.717, 1.165) is 31.3 Å². The van der Waals surface area contributed by atoms with Crippen LogP contribution < -0.4 is 5.32 Å². The molecular formula is C16H34IN3O2S.